The van der Waals surface area contributed by atoms with Crippen LogP contribution in [0.15, 0.2) is 0 Å². The first-order valence-electron chi connectivity index (χ1n) is 4.29. The van der Waals surface area contributed by atoms with Gasteiger partial charge in [0.25, 0.3) is 0 Å². The molecule has 1 aliphatic heterocycles. The number of carbonyl (C=O) groups is 1. The fourth-order valence-corrected chi connectivity index (χ4v) is 1.44. The Kier molecular flexibility index (Phi) is 4.44. The molecule has 0 amide bonds. The Morgan fingerprint density at radius 3 is 2.79 bits per heavy atom. The van der Waals surface area contributed by atoms with Crippen LogP contribution in [0.5, 0.6) is 0 Å². The molecular weight excluding hydrogens is 231 g/mol. The van der Waals surface area contributed by atoms with E-state index >= 15 is 0 Å². The summed E-state index contributed by atoms with van der Waals surface area (Å²) < 4.78 is 10.0. The van der Waals surface area contributed by atoms with Crippen molar-refractivity contribution in [2.45, 2.75) is 36.5 Å². The summed E-state index contributed by atoms with van der Waals surface area (Å²) in [6.07, 6.45) is -0.535. The number of esters is 1. The molecule has 0 aliphatic carbocycles. The van der Waals surface area contributed by atoms with Gasteiger partial charge in [-0.3, -0.25) is 0 Å². The molecule has 0 aromatic carbocycles. The van der Waals surface area contributed by atoms with Crippen molar-refractivity contribution in [1.82, 2.24) is 0 Å². The molecule has 3 atom stereocenters. The smallest absolute Gasteiger partial charge is 0.339 e. The summed E-state index contributed by atoms with van der Waals surface area (Å²) in [5.74, 6) is -0.719. The lowest BCUT2D eigenvalue weighted by molar-refractivity contribution is -0.146. The van der Waals surface area contributed by atoms with Gasteiger partial charge in [0.05, 0.1) is 12.2 Å². The molecule has 0 radical (unpaired) electrons. The lowest BCUT2D eigenvalue weighted by Crippen LogP contribution is -2.29. The van der Waals surface area contributed by atoms with Gasteiger partial charge >= 0.3 is 5.97 Å². The number of rotatable bonds is 3. The van der Waals surface area contributed by atoms with E-state index in [-0.39, 0.29) is 12.7 Å². The lowest BCUT2D eigenvalue weighted by atomic mass is 10.1. The van der Waals surface area contributed by atoms with Crippen molar-refractivity contribution in [2.24, 2.45) is 0 Å². The number of hydrogen-bond donors (Lipinski definition) is 1. The van der Waals surface area contributed by atoms with Gasteiger partial charge in [0.2, 0.25) is 4.84 Å². The fraction of sp³-hybridized carbons (Fsp3) is 0.875. The van der Waals surface area contributed by atoms with Gasteiger partial charge in [-0.1, -0.05) is 23.2 Å². The van der Waals surface area contributed by atoms with Gasteiger partial charge in [-0.25, -0.2) is 4.79 Å². The van der Waals surface area contributed by atoms with E-state index < -0.39 is 23.0 Å². The summed E-state index contributed by atoms with van der Waals surface area (Å²) in [6.45, 7) is 1.83. The van der Waals surface area contributed by atoms with E-state index in [4.69, 9.17) is 32.7 Å². The fourth-order valence-electron chi connectivity index (χ4n) is 1.31. The first-order valence-corrected chi connectivity index (χ1v) is 5.16. The number of ether oxygens (including phenoxy) is 2. The van der Waals surface area contributed by atoms with E-state index in [0.29, 0.717) is 6.42 Å². The molecule has 1 N–H and O–H groups in total. The second-order valence-corrected chi connectivity index (χ2v) is 4.32. The minimum Gasteiger partial charge on any atom is -0.461 e. The third kappa shape index (κ3) is 3.28. The van der Waals surface area contributed by atoms with Gasteiger partial charge in [0.1, 0.15) is 12.7 Å². The van der Waals surface area contributed by atoms with Crippen LogP contribution in [0.2, 0.25) is 0 Å². The summed E-state index contributed by atoms with van der Waals surface area (Å²) in [6, 6.07) is 0. The van der Waals surface area contributed by atoms with Crippen molar-refractivity contribution >= 4 is 29.2 Å². The molecule has 1 fully saturated rings. The van der Waals surface area contributed by atoms with Gasteiger partial charge in [0, 0.05) is 6.42 Å². The molecule has 2 unspecified atom stereocenters. The van der Waals surface area contributed by atoms with Crippen LogP contribution in [0.3, 0.4) is 0 Å². The molecule has 0 aromatic heterocycles. The van der Waals surface area contributed by atoms with Crippen molar-refractivity contribution in [3.63, 3.8) is 0 Å². The van der Waals surface area contributed by atoms with Crippen LogP contribution >= 0.6 is 23.2 Å². The second kappa shape index (κ2) is 5.16. The van der Waals surface area contributed by atoms with Crippen molar-refractivity contribution in [3.05, 3.63) is 0 Å². The monoisotopic (exact) mass is 242 g/mol. The van der Waals surface area contributed by atoms with Gasteiger partial charge in [-0.15, -0.1) is 0 Å². The molecule has 1 heterocycles. The molecule has 0 spiro atoms. The zero-order valence-electron chi connectivity index (χ0n) is 7.65. The Bertz CT molecular complexity index is 210. The molecule has 1 aliphatic rings. The minimum atomic E-state index is -1.19. The van der Waals surface area contributed by atoms with E-state index in [0.717, 1.165) is 0 Å². The Balaban J connectivity index is 2.28. The number of hydrogen-bond acceptors (Lipinski definition) is 4. The summed E-state index contributed by atoms with van der Waals surface area (Å²) in [4.78, 5) is 9.68. The molecule has 0 saturated carbocycles. The second-order valence-electron chi connectivity index (χ2n) is 3.22. The zero-order chi connectivity index (χ0) is 10.7. The van der Waals surface area contributed by atoms with Crippen LogP contribution < -0.4 is 0 Å². The van der Waals surface area contributed by atoms with E-state index in [1.54, 1.807) is 0 Å². The van der Waals surface area contributed by atoms with Crippen LogP contribution in [0, 0.1) is 0 Å². The van der Waals surface area contributed by atoms with E-state index in [9.17, 15) is 9.90 Å². The third-order valence-corrected chi connectivity index (χ3v) is 2.33. The number of carbonyl (C=O) groups excluding carboxylic acids is 1. The predicted molar refractivity (Wildman–Crippen MR) is 51.4 cm³/mol. The standard InChI is InChI=1S/C8H12Cl2O4/c1-4-2-5(11)6(14-4)3-13-8(12)7(9)10/h4-7,11H,2-3H2,1H3/t4?,5?,6-/m1/s1. The van der Waals surface area contributed by atoms with E-state index in [1.165, 1.54) is 0 Å². The zero-order valence-corrected chi connectivity index (χ0v) is 9.16. The normalized spacial score (nSPS) is 32.2. The van der Waals surface area contributed by atoms with Crippen LogP contribution in [-0.4, -0.2) is 40.8 Å². The van der Waals surface area contributed by atoms with Crippen LogP contribution in [0.25, 0.3) is 0 Å². The van der Waals surface area contributed by atoms with Crippen molar-refractivity contribution in [1.29, 1.82) is 0 Å². The highest BCUT2D eigenvalue weighted by Gasteiger charge is 2.32. The Morgan fingerprint density at radius 1 is 1.71 bits per heavy atom. The number of aliphatic hydroxyl groups excluding tert-OH is 1. The molecular formula is C8H12Cl2O4. The Morgan fingerprint density at radius 2 is 2.36 bits per heavy atom. The van der Waals surface area contributed by atoms with Crippen molar-refractivity contribution in [3.8, 4) is 0 Å². The topological polar surface area (TPSA) is 55.8 Å². The number of alkyl halides is 2. The van der Waals surface area contributed by atoms with E-state index in [2.05, 4.69) is 0 Å². The van der Waals surface area contributed by atoms with Crippen LogP contribution in [-0.2, 0) is 14.3 Å². The van der Waals surface area contributed by atoms with E-state index in [1.807, 2.05) is 6.92 Å². The highest BCUT2D eigenvalue weighted by molar-refractivity contribution is 6.52. The molecule has 82 valence electrons. The number of aliphatic hydroxyl groups is 1. The Hall–Kier alpha value is -0.0300. The maximum Gasteiger partial charge on any atom is 0.339 e. The average Bonchev–Trinajstić information content (AvgIpc) is 2.40. The summed E-state index contributed by atoms with van der Waals surface area (Å²) >= 11 is 10.5. The molecule has 0 aromatic rings. The molecule has 14 heavy (non-hydrogen) atoms. The largest absolute Gasteiger partial charge is 0.461 e. The van der Waals surface area contributed by atoms with Gasteiger partial charge in [-0.05, 0) is 6.92 Å². The highest BCUT2D eigenvalue weighted by Crippen LogP contribution is 2.20. The predicted octanol–water partition coefficient (Wildman–Crippen LogP) is 0.872. The summed E-state index contributed by atoms with van der Waals surface area (Å²) in [5, 5.41) is 9.43. The molecule has 1 saturated heterocycles. The van der Waals surface area contributed by atoms with Crippen LogP contribution in [0.1, 0.15) is 13.3 Å². The van der Waals surface area contributed by atoms with Crippen molar-refractivity contribution in [2.75, 3.05) is 6.61 Å². The van der Waals surface area contributed by atoms with Crippen molar-refractivity contribution < 1.29 is 19.4 Å². The molecule has 6 heteroatoms. The summed E-state index contributed by atoms with van der Waals surface area (Å²) in [7, 11) is 0. The van der Waals surface area contributed by atoms with Gasteiger partial charge in [-0.2, -0.15) is 0 Å². The molecule has 4 nitrogen and oxygen atoms in total. The maximum atomic E-state index is 10.9. The quantitative estimate of drug-likeness (QED) is 0.590. The maximum absolute atomic E-state index is 10.9. The first-order chi connectivity index (χ1) is 6.50. The third-order valence-electron chi connectivity index (χ3n) is 1.98. The minimum absolute atomic E-state index is 0.0136. The molecule has 1 rings (SSSR count). The Labute approximate surface area is 92.1 Å². The SMILES string of the molecule is CC1CC(O)[C@@H](COC(=O)C(Cl)Cl)O1. The molecule has 0 bridgehead atoms. The lowest BCUT2D eigenvalue weighted by Gasteiger charge is -2.14. The number of halogens is 2. The van der Waals surface area contributed by atoms with Gasteiger partial charge in [0.15, 0.2) is 0 Å². The first kappa shape index (κ1) is 12.0. The summed E-state index contributed by atoms with van der Waals surface area (Å²) in [5.41, 5.74) is 0. The highest BCUT2D eigenvalue weighted by atomic mass is 35.5. The van der Waals surface area contributed by atoms with Crippen LogP contribution in [0.4, 0.5) is 0 Å². The average molecular weight is 243 g/mol. The van der Waals surface area contributed by atoms with Gasteiger partial charge < -0.3 is 14.6 Å².